The first-order valence-corrected chi connectivity index (χ1v) is 6.80. The first-order valence-electron chi connectivity index (χ1n) is 6.80. The quantitative estimate of drug-likeness (QED) is 0.290. The molecule has 1 aromatic rings. The van der Waals surface area contributed by atoms with Gasteiger partial charge in [-0.05, 0) is 24.5 Å². The Hall–Kier alpha value is -2.24. The van der Waals surface area contributed by atoms with Gasteiger partial charge in [0, 0.05) is 18.2 Å². The molecule has 2 amide bonds. The fourth-order valence-electron chi connectivity index (χ4n) is 2.39. The molecule has 6 heteroatoms. The fraction of sp³-hybridized carbons (Fsp3) is 0.429. The summed E-state index contributed by atoms with van der Waals surface area (Å²) in [7, 11) is 0. The number of carbonyl (C=O) groups is 1. The minimum absolute atomic E-state index is 0.0576. The van der Waals surface area contributed by atoms with E-state index in [4.69, 9.17) is 10.9 Å². The third-order valence-corrected chi connectivity index (χ3v) is 3.47. The van der Waals surface area contributed by atoms with Crippen LogP contribution < -0.4 is 16.4 Å². The van der Waals surface area contributed by atoms with E-state index in [2.05, 4.69) is 15.8 Å². The lowest BCUT2D eigenvalue weighted by Crippen LogP contribution is -2.40. The Balaban J connectivity index is 1.85. The molecule has 0 heterocycles. The van der Waals surface area contributed by atoms with Crippen LogP contribution in [-0.4, -0.2) is 23.1 Å². The molecule has 1 saturated carbocycles. The molecule has 1 aliphatic carbocycles. The number of nitrogens with one attached hydrogen (secondary N) is 2. The van der Waals surface area contributed by atoms with Crippen LogP contribution in [0.5, 0.6) is 0 Å². The summed E-state index contributed by atoms with van der Waals surface area (Å²) in [6.07, 6.45) is 4.50. The monoisotopic (exact) mass is 276 g/mol. The summed E-state index contributed by atoms with van der Waals surface area (Å²) in [5.74, 6) is 0.0576. The smallest absolute Gasteiger partial charge is 0.315 e. The molecule has 1 aromatic carbocycles. The van der Waals surface area contributed by atoms with E-state index in [9.17, 15) is 4.79 Å². The first-order chi connectivity index (χ1) is 9.69. The summed E-state index contributed by atoms with van der Waals surface area (Å²) in [6.45, 7) is 0.408. The lowest BCUT2D eigenvalue weighted by molar-refractivity contribution is 0.236. The third kappa shape index (κ3) is 3.88. The zero-order valence-corrected chi connectivity index (χ0v) is 11.3. The van der Waals surface area contributed by atoms with Crippen molar-refractivity contribution < 1.29 is 10.0 Å². The highest BCUT2D eigenvalue weighted by atomic mass is 16.4. The number of nitrogens with zero attached hydrogens (tertiary/aromatic N) is 1. The van der Waals surface area contributed by atoms with Gasteiger partial charge in [0.15, 0.2) is 5.84 Å². The molecule has 0 aromatic heterocycles. The van der Waals surface area contributed by atoms with Gasteiger partial charge in [-0.2, -0.15) is 0 Å². The highest BCUT2D eigenvalue weighted by Crippen LogP contribution is 2.17. The van der Waals surface area contributed by atoms with Crippen LogP contribution in [0.3, 0.4) is 0 Å². The van der Waals surface area contributed by atoms with Crippen molar-refractivity contribution >= 4 is 11.9 Å². The Morgan fingerprint density at radius 3 is 2.85 bits per heavy atom. The van der Waals surface area contributed by atoms with Crippen LogP contribution in [0.25, 0.3) is 0 Å². The van der Waals surface area contributed by atoms with Gasteiger partial charge in [-0.15, -0.1) is 0 Å². The van der Waals surface area contributed by atoms with Crippen molar-refractivity contribution in [3.05, 3.63) is 35.4 Å². The van der Waals surface area contributed by atoms with Crippen LogP contribution in [0, 0.1) is 0 Å². The maximum Gasteiger partial charge on any atom is 0.315 e. The summed E-state index contributed by atoms with van der Waals surface area (Å²) < 4.78 is 0. The molecule has 0 aliphatic heterocycles. The largest absolute Gasteiger partial charge is 0.409 e. The summed E-state index contributed by atoms with van der Waals surface area (Å²) in [5, 5.41) is 17.4. The summed E-state index contributed by atoms with van der Waals surface area (Å²) in [4.78, 5) is 11.7. The molecule has 0 spiro atoms. The zero-order valence-electron chi connectivity index (χ0n) is 11.3. The van der Waals surface area contributed by atoms with Crippen LogP contribution >= 0.6 is 0 Å². The predicted molar refractivity (Wildman–Crippen MR) is 76.6 cm³/mol. The third-order valence-electron chi connectivity index (χ3n) is 3.47. The number of oxime groups is 1. The number of amides is 2. The van der Waals surface area contributed by atoms with Crippen LogP contribution in [0.4, 0.5) is 4.79 Å². The molecule has 20 heavy (non-hydrogen) atoms. The number of hydrogen-bond acceptors (Lipinski definition) is 3. The topological polar surface area (TPSA) is 99.7 Å². The lowest BCUT2D eigenvalue weighted by Gasteiger charge is -2.13. The first kappa shape index (κ1) is 14.2. The van der Waals surface area contributed by atoms with E-state index in [1.54, 1.807) is 18.2 Å². The van der Waals surface area contributed by atoms with E-state index < -0.39 is 0 Å². The van der Waals surface area contributed by atoms with E-state index in [0.717, 1.165) is 18.4 Å². The van der Waals surface area contributed by atoms with E-state index in [1.807, 2.05) is 6.07 Å². The van der Waals surface area contributed by atoms with Gasteiger partial charge in [-0.3, -0.25) is 0 Å². The average molecular weight is 276 g/mol. The van der Waals surface area contributed by atoms with Crippen molar-refractivity contribution in [2.45, 2.75) is 38.3 Å². The van der Waals surface area contributed by atoms with Gasteiger partial charge < -0.3 is 21.6 Å². The van der Waals surface area contributed by atoms with E-state index in [0.29, 0.717) is 18.2 Å². The van der Waals surface area contributed by atoms with Gasteiger partial charge >= 0.3 is 6.03 Å². The number of urea groups is 1. The number of amidine groups is 1. The minimum Gasteiger partial charge on any atom is -0.409 e. The van der Waals surface area contributed by atoms with Gasteiger partial charge in [-0.1, -0.05) is 36.2 Å². The molecule has 6 nitrogen and oxygen atoms in total. The molecule has 0 radical (unpaired) electrons. The molecule has 0 atom stereocenters. The Morgan fingerprint density at radius 2 is 2.15 bits per heavy atom. The van der Waals surface area contributed by atoms with E-state index in [1.165, 1.54) is 12.8 Å². The normalized spacial score (nSPS) is 16.1. The number of nitrogens with two attached hydrogens (primary N) is 1. The van der Waals surface area contributed by atoms with Gasteiger partial charge in [-0.25, -0.2) is 4.79 Å². The molecular weight excluding hydrogens is 256 g/mol. The molecule has 1 fully saturated rings. The van der Waals surface area contributed by atoms with Crippen LogP contribution in [0.1, 0.15) is 36.8 Å². The molecule has 108 valence electrons. The molecule has 0 unspecified atom stereocenters. The Morgan fingerprint density at radius 1 is 1.40 bits per heavy atom. The highest BCUT2D eigenvalue weighted by molar-refractivity contribution is 5.97. The second-order valence-electron chi connectivity index (χ2n) is 4.99. The number of carbonyl (C=O) groups excluding carboxylic acids is 1. The number of benzene rings is 1. The SMILES string of the molecule is N/C(=N/O)c1cccc(CNC(=O)NC2CCCC2)c1. The van der Waals surface area contributed by atoms with Gasteiger partial charge in [0.1, 0.15) is 0 Å². The maximum absolute atomic E-state index is 11.7. The predicted octanol–water partition coefficient (Wildman–Crippen LogP) is 1.52. The molecule has 0 saturated heterocycles. The second kappa shape index (κ2) is 6.79. The van der Waals surface area contributed by atoms with E-state index in [-0.39, 0.29) is 11.9 Å². The summed E-state index contributed by atoms with van der Waals surface area (Å²) in [5.41, 5.74) is 7.05. The van der Waals surface area contributed by atoms with Crippen LogP contribution in [-0.2, 0) is 6.54 Å². The summed E-state index contributed by atoms with van der Waals surface area (Å²) >= 11 is 0. The van der Waals surface area contributed by atoms with Crippen LogP contribution in [0.2, 0.25) is 0 Å². The minimum atomic E-state index is -0.147. The van der Waals surface area contributed by atoms with Gasteiger partial charge in [0.05, 0.1) is 0 Å². The molecule has 5 N–H and O–H groups in total. The number of hydrogen-bond donors (Lipinski definition) is 4. The van der Waals surface area contributed by atoms with Gasteiger partial charge in [0.25, 0.3) is 0 Å². The van der Waals surface area contributed by atoms with Crippen LogP contribution in [0.15, 0.2) is 29.4 Å². The average Bonchev–Trinajstić information content (AvgIpc) is 2.97. The Labute approximate surface area is 118 Å². The number of rotatable bonds is 4. The second-order valence-corrected chi connectivity index (χ2v) is 4.99. The molecule has 1 aliphatic rings. The Kier molecular flexibility index (Phi) is 4.81. The van der Waals surface area contributed by atoms with Crippen molar-refractivity contribution in [1.82, 2.24) is 10.6 Å². The van der Waals surface area contributed by atoms with Crippen molar-refractivity contribution in [1.29, 1.82) is 0 Å². The summed E-state index contributed by atoms with van der Waals surface area (Å²) in [6, 6.07) is 7.37. The van der Waals surface area contributed by atoms with Gasteiger partial charge in [0.2, 0.25) is 0 Å². The highest BCUT2D eigenvalue weighted by Gasteiger charge is 2.16. The van der Waals surface area contributed by atoms with Crippen molar-refractivity contribution in [2.24, 2.45) is 10.9 Å². The van der Waals surface area contributed by atoms with Crippen molar-refractivity contribution in [3.8, 4) is 0 Å². The molecular formula is C14H20N4O2. The zero-order chi connectivity index (χ0) is 14.4. The maximum atomic E-state index is 11.7. The van der Waals surface area contributed by atoms with Crippen molar-refractivity contribution in [2.75, 3.05) is 0 Å². The standard InChI is InChI=1S/C14H20N4O2/c15-13(18-20)11-5-3-4-10(8-11)9-16-14(19)17-12-6-1-2-7-12/h3-5,8,12,20H,1-2,6-7,9H2,(H2,15,18)(H2,16,17,19). The Bertz CT molecular complexity index is 496. The molecule has 2 rings (SSSR count). The lowest BCUT2D eigenvalue weighted by atomic mass is 10.1. The van der Waals surface area contributed by atoms with E-state index >= 15 is 0 Å². The molecule has 0 bridgehead atoms. The fourth-order valence-corrected chi connectivity index (χ4v) is 2.39. The van der Waals surface area contributed by atoms with Crippen molar-refractivity contribution in [3.63, 3.8) is 0 Å².